The van der Waals surface area contributed by atoms with Gasteiger partial charge in [-0.15, -0.1) is 0 Å². The number of nitrogens with zero attached hydrogens (tertiary/aromatic N) is 1. The van der Waals surface area contributed by atoms with Crippen LogP contribution >= 0.6 is 0 Å². The number of Topliss-reactive ketones (excluding diaryl/α,β-unsaturated/α-hetero) is 2. The molecule has 0 saturated carbocycles. The van der Waals surface area contributed by atoms with Crippen molar-refractivity contribution in [3.8, 4) is 6.07 Å². The summed E-state index contributed by atoms with van der Waals surface area (Å²) in [7, 11) is 0. The van der Waals surface area contributed by atoms with Gasteiger partial charge < -0.3 is 0 Å². The number of benzene rings is 1. The lowest BCUT2D eigenvalue weighted by atomic mass is 9.77. The second-order valence-corrected chi connectivity index (χ2v) is 4.22. The summed E-state index contributed by atoms with van der Waals surface area (Å²) < 4.78 is 0. The highest BCUT2D eigenvalue weighted by atomic mass is 16.1. The first kappa shape index (κ1) is 13.9. The molecule has 0 heterocycles. The zero-order valence-corrected chi connectivity index (χ0v) is 10.5. The molecule has 92 valence electrons. The van der Waals surface area contributed by atoms with Gasteiger partial charge in [0, 0.05) is 11.5 Å². The summed E-state index contributed by atoms with van der Waals surface area (Å²) in [6.07, 6.45) is 0. The zero-order chi connectivity index (χ0) is 13.7. The van der Waals surface area contributed by atoms with Crippen molar-refractivity contribution >= 4 is 11.6 Å². The third-order valence-corrected chi connectivity index (χ3v) is 2.89. The third kappa shape index (κ3) is 2.92. The van der Waals surface area contributed by atoms with E-state index < -0.39 is 11.8 Å². The van der Waals surface area contributed by atoms with E-state index in [9.17, 15) is 9.59 Å². The van der Waals surface area contributed by atoms with E-state index in [-0.39, 0.29) is 17.1 Å². The van der Waals surface area contributed by atoms with E-state index >= 15 is 0 Å². The lowest BCUT2D eigenvalue weighted by Gasteiger charge is -2.22. The molecule has 1 aromatic rings. The monoisotopic (exact) mass is 241 g/mol. The summed E-state index contributed by atoms with van der Waals surface area (Å²) >= 11 is 0. The molecule has 1 atom stereocenters. The van der Waals surface area contributed by atoms with Gasteiger partial charge in [0.25, 0.3) is 0 Å². The van der Waals surface area contributed by atoms with Crippen LogP contribution in [-0.2, 0) is 9.59 Å². The number of hydrogen-bond acceptors (Lipinski definition) is 3. The van der Waals surface area contributed by atoms with Crippen LogP contribution < -0.4 is 0 Å². The Morgan fingerprint density at radius 3 is 2.06 bits per heavy atom. The van der Waals surface area contributed by atoms with Crippen LogP contribution in [0, 0.1) is 17.2 Å². The molecule has 0 fully saturated rings. The highest BCUT2D eigenvalue weighted by molar-refractivity contribution is 6.01. The lowest BCUT2D eigenvalue weighted by molar-refractivity contribution is -0.130. The van der Waals surface area contributed by atoms with E-state index in [1.54, 1.807) is 12.1 Å². The Labute approximate surface area is 107 Å². The van der Waals surface area contributed by atoms with Crippen LogP contribution in [0.2, 0.25) is 0 Å². The summed E-state index contributed by atoms with van der Waals surface area (Å²) in [6.45, 7) is 6.41. The number of hydrogen-bond donors (Lipinski definition) is 0. The summed E-state index contributed by atoms with van der Waals surface area (Å²) in [5, 5.41) is 9.01. The van der Waals surface area contributed by atoms with Crippen molar-refractivity contribution in [2.75, 3.05) is 0 Å². The van der Waals surface area contributed by atoms with Crippen LogP contribution in [0.1, 0.15) is 25.3 Å². The van der Waals surface area contributed by atoms with Crippen molar-refractivity contribution in [1.82, 2.24) is 0 Å². The first-order valence-corrected chi connectivity index (χ1v) is 5.63. The lowest BCUT2D eigenvalue weighted by Crippen LogP contribution is -2.27. The molecule has 0 aromatic heterocycles. The van der Waals surface area contributed by atoms with Gasteiger partial charge in [-0.3, -0.25) is 9.59 Å². The molecule has 0 spiro atoms. The minimum atomic E-state index is -0.834. The Hall–Kier alpha value is -2.21. The Balaban J connectivity index is 3.30. The van der Waals surface area contributed by atoms with Gasteiger partial charge in [0.2, 0.25) is 0 Å². The normalized spacial score (nSPS) is 11.7. The maximum atomic E-state index is 11.6. The number of carbonyl (C=O) groups is 2. The molecule has 0 saturated heterocycles. The van der Waals surface area contributed by atoms with Crippen molar-refractivity contribution in [2.24, 2.45) is 5.92 Å². The summed E-state index contributed by atoms with van der Waals surface area (Å²) in [5.41, 5.74) is 0.996. The molecule has 1 aromatic carbocycles. The number of carbonyl (C=O) groups excluding carboxylic acids is 2. The van der Waals surface area contributed by atoms with Crippen molar-refractivity contribution < 1.29 is 9.59 Å². The van der Waals surface area contributed by atoms with Gasteiger partial charge in [0.1, 0.15) is 11.6 Å². The van der Waals surface area contributed by atoms with Crippen molar-refractivity contribution in [2.45, 2.75) is 19.8 Å². The van der Waals surface area contributed by atoms with Crippen molar-refractivity contribution in [3.63, 3.8) is 0 Å². The van der Waals surface area contributed by atoms with Crippen LogP contribution in [-0.4, -0.2) is 11.6 Å². The second kappa shape index (κ2) is 5.92. The van der Waals surface area contributed by atoms with E-state index in [1.165, 1.54) is 13.8 Å². The highest BCUT2D eigenvalue weighted by Gasteiger charge is 2.32. The minimum Gasteiger partial charge on any atom is -0.299 e. The maximum Gasteiger partial charge on any atom is 0.141 e. The van der Waals surface area contributed by atoms with Crippen LogP contribution in [0.25, 0.3) is 0 Å². The molecule has 3 heteroatoms. The molecule has 0 aliphatic carbocycles. The smallest absolute Gasteiger partial charge is 0.141 e. The molecular formula is C15H15NO2. The SMILES string of the molecule is C=C(C#N)C(c1ccccc1)C(C(C)=O)C(C)=O. The van der Waals surface area contributed by atoms with Gasteiger partial charge in [-0.05, 0) is 19.4 Å². The average Bonchev–Trinajstić information content (AvgIpc) is 2.34. The molecule has 0 bridgehead atoms. The standard InChI is InChI=1S/C15H15NO2/c1-10(9-16)14(13-7-5-4-6-8-13)15(11(2)17)12(3)18/h4-8,14-15H,1H2,2-3H3. The molecular weight excluding hydrogens is 226 g/mol. The Kier molecular flexibility index (Phi) is 4.56. The average molecular weight is 241 g/mol. The summed E-state index contributed by atoms with van der Waals surface area (Å²) in [4.78, 5) is 23.3. The van der Waals surface area contributed by atoms with Crippen molar-refractivity contribution in [3.05, 3.63) is 48.0 Å². The fourth-order valence-corrected chi connectivity index (χ4v) is 2.08. The van der Waals surface area contributed by atoms with E-state index in [2.05, 4.69) is 6.58 Å². The fourth-order valence-electron chi connectivity index (χ4n) is 2.08. The molecule has 0 amide bonds. The fraction of sp³-hybridized carbons (Fsp3) is 0.267. The topological polar surface area (TPSA) is 57.9 Å². The number of ketones is 2. The molecule has 1 rings (SSSR count). The first-order valence-electron chi connectivity index (χ1n) is 5.63. The number of allylic oxidation sites excluding steroid dienone is 1. The van der Waals surface area contributed by atoms with E-state index in [1.807, 2.05) is 24.3 Å². The van der Waals surface area contributed by atoms with Gasteiger partial charge >= 0.3 is 0 Å². The van der Waals surface area contributed by atoms with Crippen molar-refractivity contribution in [1.29, 1.82) is 5.26 Å². The number of nitriles is 1. The molecule has 0 aliphatic rings. The van der Waals surface area contributed by atoms with Crippen LogP contribution in [0.4, 0.5) is 0 Å². The van der Waals surface area contributed by atoms with Gasteiger partial charge in [0.15, 0.2) is 0 Å². The molecule has 1 unspecified atom stereocenters. The summed E-state index contributed by atoms with van der Waals surface area (Å²) in [6, 6.07) is 11.0. The predicted octanol–water partition coefficient (Wildman–Crippen LogP) is 2.64. The predicted molar refractivity (Wildman–Crippen MR) is 68.8 cm³/mol. The molecule has 0 N–H and O–H groups in total. The molecule has 0 aliphatic heterocycles. The zero-order valence-electron chi connectivity index (χ0n) is 10.5. The maximum absolute atomic E-state index is 11.6. The van der Waals surface area contributed by atoms with E-state index in [0.717, 1.165) is 5.56 Å². The molecule has 18 heavy (non-hydrogen) atoms. The Morgan fingerprint density at radius 1 is 1.17 bits per heavy atom. The summed E-state index contributed by atoms with van der Waals surface area (Å²) in [5.74, 6) is -1.88. The van der Waals surface area contributed by atoms with Gasteiger partial charge in [-0.25, -0.2) is 0 Å². The number of rotatable bonds is 5. The van der Waals surface area contributed by atoms with Crippen LogP contribution in [0.15, 0.2) is 42.5 Å². The molecule has 0 radical (unpaired) electrons. The minimum absolute atomic E-state index is 0.233. The second-order valence-electron chi connectivity index (χ2n) is 4.22. The Morgan fingerprint density at radius 2 is 1.67 bits per heavy atom. The van der Waals surface area contributed by atoms with Crippen LogP contribution in [0.5, 0.6) is 0 Å². The van der Waals surface area contributed by atoms with Crippen LogP contribution in [0.3, 0.4) is 0 Å². The van der Waals surface area contributed by atoms with Gasteiger partial charge in [0.05, 0.1) is 12.0 Å². The third-order valence-electron chi connectivity index (χ3n) is 2.89. The van der Waals surface area contributed by atoms with Gasteiger partial charge in [-0.1, -0.05) is 36.9 Å². The highest BCUT2D eigenvalue weighted by Crippen LogP contribution is 2.32. The van der Waals surface area contributed by atoms with E-state index in [4.69, 9.17) is 5.26 Å². The quantitative estimate of drug-likeness (QED) is 0.588. The first-order chi connectivity index (χ1) is 8.49. The largest absolute Gasteiger partial charge is 0.299 e. The van der Waals surface area contributed by atoms with E-state index in [0.29, 0.717) is 0 Å². The Bertz CT molecular complexity index is 497. The molecule has 3 nitrogen and oxygen atoms in total. The van der Waals surface area contributed by atoms with Gasteiger partial charge in [-0.2, -0.15) is 5.26 Å².